The number of aryl methyl sites for hydroxylation is 1. The highest BCUT2D eigenvalue weighted by molar-refractivity contribution is 9.10. The average Bonchev–Trinajstić information content (AvgIpc) is 3.89. The Labute approximate surface area is 259 Å². The number of hydrogen-bond acceptors (Lipinski definition) is 5. The Kier molecular flexibility index (Phi) is 8.23. The minimum Gasteiger partial charge on any atom is -0.356 e. The van der Waals surface area contributed by atoms with Gasteiger partial charge >= 0.3 is 12.4 Å². The molecule has 2 aromatic carbocycles. The van der Waals surface area contributed by atoms with E-state index in [0.717, 1.165) is 78.8 Å². The first kappa shape index (κ1) is 30.6. The Hall–Kier alpha value is -3.41. The predicted molar refractivity (Wildman–Crippen MR) is 160 cm³/mol. The summed E-state index contributed by atoms with van der Waals surface area (Å²) in [5, 5.41) is 0.900. The van der Waals surface area contributed by atoms with Crippen molar-refractivity contribution in [2.75, 3.05) is 22.9 Å². The standard InChI is InChI=1S/C32H30BrF6N5/c1-19-3-2-4-23-11-24(29(42-28(19)23)43(15-20-5-6-20)16-21-7-8-21)18-44(30-40-13-27(33)14-41-30)17-22-9-25(31(34,35)36)12-26(10-22)32(37,38)39/h2-4,9-14,20-21H,5-8,15-18H2,1H3. The van der Waals surface area contributed by atoms with Crippen molar-refractivity contribution in [1.82, 2.24) is 15.0 Å². The molecule has 44 heavy (non-hydrogen) atoms. The number of hydrogen-bond donors (Lipinski definition) is 0. The predicted octanol–water partition coefficient (Wildman–Crippen LogP) is 8.97. The highest BCUT2D eigenvalue weighted by Crippen LogP contribution is 2.39. The van der Waals surface area contributed by atoms with Gasteiger partial charge in [0.05, 0.1) is 21.1 Å². The summed E-state index contributed by atoms with van der Waals surface area (Å²) in [6.07, 6.45) is -2.30. The van der Waals surface area contributed by atoms with Crippen LogP contribution < -0.4 is 9.80 Å². The van der Waals surface area contributed by atoms with Gasteiger partial charge in [-0.3, -0.25) is 0 Å². The molecule has 0 aliphatic heterocycles. The van der Waals surface area contributed by atoms with Gasteiger partial charge in [-0.2, -0.15) is 26.3 Å². The second-order valence-electron chi connectivity index (χ2n) is 11.9. The molecule has 0 atom stereocenters. The number of alkyl halides is 6. The van der Waals surface area contributed by atoms with E-state index in [9.17, 15) is 26.3 Å². The van der Waals surface area contributed by atoms with Crippen LogP contribution in [0.4, 0.5) is 38.1 Å². The molecule has 2 aromatic heterocycles. The number of rotatable bonds is 10. The summed E-state index contributed by atoms with van der Waals surface area (Å²) in [5.41, 5.74) is -0.187. The van der Waals surface area contributed by atoms with Crippen LogP contribution in [0, 0.1) is 18.8 Å². The SMILES string of the molecule is Cc1cccc2cc(CN(Cc3cc(C(F)(F)F)cc(C(F)(F)F)c3)c3ncc(Br)cn3)c(N(CC3CC3)CC3CC3)nc12. The van der Waals surface area contributed by atoms with E-state index in [1.54, 1.807) is 4.90 Å². The molecule has 2 aliphatic rings. The second-order valence-corrected chi connectivity index (χ2v) is 12.8. The first-order valence-corrected chi connectivity index (χ1v) is 15.3. The lowest BCUT2D eigenvalue weighted by molar-refractivity contribution is -0.143. The van der Waals surface area contributed by atoms with Crippen molar-refractivity contribution >= 4 is 38.6 Å². The molecule has 6 rings (SSSR count). The molecule has 0 bridgehead atoms. The molecule has 2 aliphatic carbocycles. The fourth-order valence-corrected chi connectivity index (χ4v) is 5.65. The van der Waals surface area contributed by atoms with Crippen molar-refractivity contribution in [3.63, 3.8) is 0 Å². The quantitative estimate of drug-likeness (QED) is 0.157. The third-order valence-electron chi connectivity index (χ3n) is 8.03. The fraction of sp³-hybridized carbons (Fsp3) is 0.406. The van der Waals surface area contributed by atoms with Crippen LogP contribution in [0.15, 0.2) is 59.3 Å². The van der Waals surface area contributed by atoms with Crippen LogP contribution >= 0.6 is 15.9 Å². The van der Waals surface area contributed by atoms with Gasteiger partial charge < -0.3 is 9.80 Å². The number of pyridine rings is 1. The number of benzene rings is 2. The minimum atomic E-state index is -4.95. The first-order chi connectivity index (χ1) is 20.8. The Morgan fingerprint density at radius 3 is 1.93 bits per heavy atom. The summed E-state index contributed by atoms with van der Waals surface area (Å²) >= 11 is 3.30. The minimum absolute atomic E-state index is 0.122. The van der Waals surface area contributed by atoms with E-state index in [2.05, 4.69) is 30.8 Å². The van der Waals surface area contributed by atoms with E-state index in [1.807, 2.05) is 31.2 Å². The molecular weight excluding hydrogens is 648 g/mol. The van der Waals surface area contributed by atoms with Crippen LogP contribution in [0.3, 0.4) is 0 Å². The monoisotopic (exact) mass is 677 g/mol. The molecule has 0 amide bonds. The van der Waals surface area contributed by atoms with Gasteiger partial charge in [0.25, 0.3) is 0 Å². The molecule has 232 valence electrons. The van der Waals surface area contributed by atoms with E-state index in [4.69, 9.17) is 4.98 Å². The molecule has 0 N–H and O–H groups in total. The average molecular weight is 679 g/mol. The highest BCUT2D eigenvalue weighted by atomic mass is 79.9. The molecular formula is C32H30BrF6N5. The number of anilines is 2. The Morgan fingerprint density at radius 1 is 0.795 bits per heavy atom. The van der Waals surface area contributed by atoms with E-state index in [1.165, 1.54) is 12.4 Å². The maximum absolute atomic E-state index is 13.7. The van der Waals surface area contributed by atoms with Crippen molar-refractivity contribution in [2.24, 2.45) is 11.8 Å². The summed E-state index contributed by atoms with van der Waals surface area (Å²) in [5.74, 6) is 2.11. The molecule has 12 heteroatoms. The van der Waals surface area contributed by atoms with Gasteiger partial charge in [-0.15, -0.1) is 0 Å². The number of halogens is 7. The lowest BCUT2D eigenvalue weighted by Gasteiger charge is -2.30. The molecule has 0 unspecified atom stereocenters. The Bertz CT molecular complexity index is 1600. The maximum Gasteiger partial charge on any atom is 0.416 e. The summed E-state index contributed by atoms with van der Waals surface area (Å²) in [4.78, 5) is 17.8. The molecule has 5 nitrogen and oxygen atoms in total. The van der Waals surface area contributed by atoms with Crippen molar-refractivity contribution in [3.8, 4) is 0 Å². The number of aromatic nitrogens is 3. The van der Waals surface area contributed by atoms with Crippen LogP contribution in [0.1, 0.15) is 53.5 Å². The second kappa shape index (κ2) is 11.8. The number of nitrogens with zero attached hydrogens (tertiary/aromatic N) is 5. The van der Waals surface area contributed by atoms with E-state index in [-0.39, 0.29) is 30.7 Å². The number of para-hydroxylation sites is 1. The fourth-order valence-electron chi connectivity index (χ4n) is 5.45. The largest absolute Gasteiger partial charge is 0.416 e. The third-order valence-corrected chi connectivity index (χ3v) is 8.44. The zero-order valence-corrected chi connectivity index (χ0v) is 25.5. The van der Waals surface area contributed by atoms with E-state index in [0.29, 0.717) is 16.3 Å². The molecule has 2 heterocycles. The Balaban J connectivity index is 1.45. The smallest absolute Gasteiger partial charge is 0.356 e. The van der Waals surface area contributed by atoms with Gasteiger partial charge in [-0.1, -0.05) is 18.2 Å². The van der Waals surface area contributed by atoms with Crippen molar-refractivity contribution in [2.45, 2.75) is 58.0 Å². The van der Waals surface area contributed by atoms with Crippen molar-refractivity contribution in [1.29, 1.82) is 0 Å². The van der Waals surface area contributed by atoms with Crippen LogP contribution in [0.5, 0.6) is 0 Å². The zero-order chi connectivity index (χ0) is 31.2. The van der Waals surface area contributed by atoms with Crippen LogP contribution in [0.25, 0.3) is 10.9 Å². The summed E-state index contributed by atoms with van der Waals surface area (Å²) < 4.78 is 82.8. The lowest BCUT2D eigenvalue weighted by Crippen LogP contribution is -2.32. The lowest BCUT2D eigenvalue weighted by atomic mass is 10.0. The van der Waals surface area contributed by atoms with Crippen molar-refractivity contribution < 1.29 is 26.3 Å². The summed E-state index contributed by atoms with van der Waals surface area (Å²) in [6.45, 7) is 3.54. The molecule has 2 fully saturated rings. The van der Waals surface area contributed by atoms with Gasteiger partial charge in [-0.25, -0.2) is 15.0 Å². The van der Waals surface area contributed by atoms with Gasteiger partial charge in [0.2, 0.25) is 5.95 Å². The van der Waals surface area contributed by atoms with Crippen LogP contribution in [0.2, 0.25) is 0 Å². The molecule has 0 radical (unpaired) electrons. The highest BCUT2D eigenvalue weighted by Gasteiger charge is 2.37. The van der Waals surface area contributed by atoms with Gasteiger partial charge in [0, 0.05) is 49.5 Å². The number of fused-ring (bicyclic) bond motifs is 1. The molecule has 0 spiro atoms. The van der Waals surface area contributed by atoms with E-state index < -0.39 is 23.5 Å². The topological polar surface area (TPSA) is 45.2 Å². The molecule has 0 saturated heterocycles. The molecule has 2 saturated carbocycles. The first-order valence-electron chi connectivity index (χ1n) is 14.5. The summed E-state index contributed by atoms with van der Waals surface area (Å²) in [6, 6.07) is 9.58. The van der Waals surface area contributed by atoms with Crippen molar-refractivity contribution in [3.05, 3.63) is 87.1 Å². The normalized spacial score (nSPS) is 15.5. The summed E-state index contributed by atoms with van der Waals surface area (Å²) in [7, 11) is 0. The van der Waals surface area contributed by atoms with Crippen LogP contribution in [-0.4, -0.2) is 28.0 Å². The van der Waals surface area contributed by atoms with E-state index >= 15 is 0 Å². The molecule has 4 aromatic rings. The van der Waals surface area contributed by atoms with Gasteiger partial charge in [-0.05, 0) is 95.8 Å². The zero-order valence-electron chi connectivity index (χ0n) is 23.9. The maximum atomic E-state index is 13.7. The Morgan fingerprint density at radius 2 is 1.39 bits per heavy atom. The van der Waals surface area contributed by atoms with Crippen LogP contribution in [-0.2, 0) is 25.4 Å². The van der Waals surface area contributed by atoms with Gasteiger partial charge in [0.15, 0.2) is 0 Å². The van der Waals surface area contributed by atoms with Gasteiger partial charge in [0.1, 0.15) is 5.82 Å². The third kappa shape index (κ3) is 7.27.